The second kappa shape index (κ2) is 6.00. The number of hydrogen-bond donors (Lipinski definition) is 1. The fourth-order valence-corrected chi connectivity index (χ4v) is 3.69. The van der Waals surface area contributed by atoms with Crippen molar-refractivity contribution in [2.45, 2.75) is 70.1 Å². The van der Waals surface area contributed by atoms with Gasteiger partial charge in [-0.1, -0.05) is 12.8 Å². The molecule has 2 heterocycles. The van der Waals surface area contributed by atoms with Crippen LogP contribution in [0.25, 0.3) is 0 Å². The number of nitrogens with zero attached hydrogens (tertiary/aromatic N) is 1. The van der Waals surface area contributed by atoms with Crippen molar-refractivity contribution in [3.8, 4) is 0 Å². The third kappa shape index (κ3) is 3.74. The van der Waals surface area contributed by atoms with E-state index in [1.807, 2.05) is 25.7 Å². The standard InChI is InChI=1S/C17H30N2O3/c1-16(2,3)22-15(20)19-9-4-7-17(12-19)14(11-13-5-6-13)18-8-10-21-17/h13-14,18H,4-12H2,1-3H3. The van der Waals surface area contributed by atoms with Crippen LogP contribution in [0.1, 0.15) is 52.9 Å². The largest absolute Gasteiger partial charge is 0.444 e. The van der Waals surface area contributed by atoms with Crippen molar-refractivity contribution < 1.29 is 14.3 Å². The van der Waals surface area contributed by atoms with E-state index in [1.54, 1.807) is 0 Å². The lowest BCUT2D eigenvalue weighted by molar-refractivity contribution is -0.133. The van der Waals surface area contributed by atoms with Gasteiger partial charge in [0.1, 0.15) is 11.2 Å². The zero-order chi connectivity index (χ0) is 15.8. The summed E-state index contributed by atoms with van der Waals surface area (Å²) in [6, 6.07) is 0.374. The molecule has 1 amide bonds. The summed E-state index contributed by atoms with van der Waals surface area (Å²) in [5, 5.41) is 3.65. The van der Waals surface area contributed by atoms with E-state index in [0.29, 0.717) is 12.6 Å². The molecule has 2 atom stereocenters. The van der Waals surface area contributed by atoms with Crippen LogP contribution in [0, 0.1) is 5.92 Å². The molecule has 3 rings (SSSR count). The molecule has 1 aliphatic carbocycles. The van der Waals surface area contributed by atoms with Crippen molar-refractivity contribution in [2.75, 3.05) is 26.2 Å². The molecule has 0 aromatic rings. The van der Waals surface area contributed by atoms with Gasteiger partial charge in [-0.25, -0.2) is 4.79 Å². The fraction of sp³-hybridized carbons (Fsp3) is 0.941. The Balaban J connectivity index is 1.67. The van der Waals surface area contributed by atoms with Crippen LogP contribution in [0.15, 0.2) is 0 Å². The first kappa shape index (κ1) is 16.1. The quantitative estimate of drug-likeness (QED) is 0.851. The van der Waals surface area contributed by atoms with E-state index >= 15 is 0 Å². The van der Waals surface area contributed by atoms with Crippen molar-refractivity contribution in [3.05, 3.63) is 0 Å². The number of hydrogen-bond acceptors (Lipinski definition) is 4. The van der Waals surface area contributed by atoms with Crippen LogP contribution in [0.5, 0.6) is 0 Å². The van der Waals surface area contributed by atoms with E-state index < -0.39 is 5.60 Å². The maximum atomic E-state index is 12.4. The average Bonchev–Trinajstić information content (AvgIpc) is 3.24. The summed E-state index contributed by atoms with van der Waals surface area (Å²) in [6.07, 6.45) is 5.71. The molecule has 22 heavy (non-hydrogen) atoms. The Labute approximate surface area is 133 Å². The number of carbonyl (C=O) groups excluding carboxylic acids is 1. The molecule has 0 aromatic heterocycles. The second-order valence-electron chi connectivity index (χ2n) is 8.10. The SMILES string of the molecule is CC(C)(C)OC(=O)N1CCCC2(C1)OCCNC2CC1CC1. The first-order valence-corrected chi connectivity index (χ1v) is 8.73. The number of likely N-dealkylation sites (tertiary alicyclic amines) is 1. The smallest absolute Gasteiger partial charge is 0.410 e. The molecule has 1 spiro atoms. The summed E-state index contributed by atoms with van der Waals surface area (Å²) in [7, 11) is 0. The highest BCUT2D eigenvalue weighted by molar-refractivity contribution is 5.68. The fourth-order valence-electron chi connectivity index (χ4n) is 3.69. The number of morpholine rings is 1. The first-order chi connectivity index (χ1) is 10.4. The third-order valence-electron chi connectivity index (χ3n) is 4.92. The summed E-state index contributed by atoms with van der Waals surface area (Å²) < 4.78 is 11.8. The van der Waals surface area contributed by atoms with Crippen LogP contribution in [0.3, 0.4) is 0 Å². The van der Waals surface area contributed by atoms with Gasteiger partial charge in [0.05, 0.1) is 13.2 Å². The molecule has 5 heteroatoms. The third-order valence-corrected chi connectivity index (χ3v) is 4.92. The Morgan fingerprint density at radius 2 is 2.18 bits per heavy atom. The summed E-state index contributed by atoms with van der Waals surface area (Å²) >= 11 is 0. The number of piperidine rings is 1. The maximum absolute atomic E-state index is 12.4. The minimum absolute atomic E-state index is 0.203. The van der Waals surface area contributed by atoms with Gasteiger partial charge in [0.2, 0.25) is 0 Å². The average molecular weight is 310 g/mol. The first-order valence-electron chi connectivity index (χ1n) is 8.73. The molecule has 126 valence electrons. The predicted molar refractivity (Wildman–Crippen MR) is 84.9 cm³/mol. The molecule has 3 fully saturated rings. The van der Waals surface area contributed by atoms with E-state index in [-0.39, 0.29) is 11.7 Å². The summed E-state index contributed by atoms with van der Waals surface area (Å²) in [5.74, 6) is 0.855. The monoisotopic (exact) mass is 310 g/mol. The molecule has 0 bridgehead atoms. The van der Waals surface area contributed by atoms with Crippen LogP contribution in [0.2, 0.25) is 0 Å². The van der Waals surface area contributed by atoms with Crippen LogP contribution >= 0.6 is 0 Å². The van der Waals surface area contributed by atoms with Crippen LogP contribution in [-0.4, -0.2) is 54.5 Å². The Hall–Kier alpha value is -0.810. The molecule has 0 aromatic carbocycles. The summed E-state index contributed by atoms with van der Waals surface area (Å²) in [4.78, 5) is 14.3. The van der Waals surface area contributed by atoms with Crippen molar-refractivity contribution in [3.63, 3.8) is 0 Å². The molecular formula is C17H30N2O3. The number of nitrogens with one attached hydrogen (secondary N) is 1. The molecule has 1 saturated carbocycles. The number of ether oxygens (including phenoxy) is 2. The predicted octanol–water partition coefficient (Wildman–Crippen LogP) is 2.54. The van der Waals surface area contributed by atoms with Gasteiger partial charge in [-0.05, 0) is 46.0 Å². The molecule has 2 unspecified atom stereocenters. The number of carbonyl (C=O) groups is 1. The van der Waals surface area contributed by atoms with E-state index in [4.69, 9.17) is 9.47 Å². The van der Waals surface area contributed by atoms with Gasteiger partial charge in [-0.2, -0.15) is 0 Å². The maximum Gasteiger partial charge on any atom is 0.410 e. The zero-order valence-corrected chi connectivity index (χ0v) is 14.2. The van der Waals surface area contributed by atoms with Crippen molar-refractivity contribution in [1.82, 2.24) is 10.2 Å². The minimum Gasteiger partial charge on any atom is -0.444 e. The van der Waals surface area contributed by atoms with E-state index in [9.17, 15) is 4.79 Å². The Bertz CT molecular complexity index is 413. The minimum atomic E-state index is -0.444. The van der Waals surface area contributed by atoms with Gasteiger partial charge in [0.25, 0.3) is 0 Å². The van der Waals surface area contributed by atoms with E-state index in [1.165, 1.54) is 19.3 Å². The lowest BCUT2D eigenvalue weighted by Gasteiger charge is -2.50. The molecule has 1 N–H and O–H groups in total. The van der Waals surface area contributed by atoms with Crippen LogP contribution in [0.4, 0.5) is 4.79 Å². The van der Waals surface area contributed by atoms with Gasteiger partial charge in [0, 0.05) is 19.1 Å². The molecule has 2 saturated heterocycles. The Kier molecular flexibility index (Phi) is 4.38. The molecule has 3 aliphatic rings. The van der Waals surface area contributed by atoms with Crippen LogP contribution in [-0.2, 0) is 9.47 Å². The van der Waals surface area contributed by atoms with Gasteiger partial charge >= 0.3 is 6.09 Å². The zero-order valence-electron chi connectivity index (χ0n) is 14.2. The molecular weight excluding hydrogens is 280 g/mol. The second-order valence-corrected chi connectivity index (χ2v) is 8.10. The molecule has 0 radical (unpaired) electrons. The summed E-state index contributed by atoms with van der Waals surface area (Å²) in [5.41, 5.74) is -0.656. The normalized spacial score (nSPS) is 33.0. The van der Waals surface area contributed by atoms with Crippen molar-refractivity contribution in [1.29, 1.82) is 0 Å². The van der Waals surface area contributed by atoms with E-state index in [2.05, 4.69) is 5.32 Å². The van der Waals surface area contributed by atoms with Crippen LogP contribution < -0.4 is 5.32 Å². The van der Waals surface area contributed by atoms with Crippen molar-refractivity contribution in [2.24, 2.45) is 5.92 Å². The van der Waals surface area contributed by atoms with E-state index in [0.717, 1.165) is 38.5 Å². The van der Waals surface area contributed by atoms with Gasteiger partial charge in [-0.3, -0.25) is 0 Å². The van der Waals surface area contributed by atoms with Gasteiger partial charge in [-0.15, -0.1) is 0 Å². The summed E-state index contributed by atoms with van der Waals surface area (Å²) in [6.45, 7) is 8.84. The lowest BCUT2D eigenvalue weighted by atomic mass is 9.81. The van der Waals surface area contributed by atoms with Gasteiger partial charge < -0.3 is 19.7 Å². The van der Waals surface area contributed by atoms with Gasteiger partial charge in [0.15, 0.2) is 0 Å². The molecule has 2 aliphatic heterocycles. The highest BCUT2D eigenvalue weighted by Gasteiger charge is 2.48. The lowest BCUT2D eigenvalue weighted by Crippen LogP contribution is -2.65. The topological polar surface area (TPSA) is 50.8 Å². The highest BCUT2D eigenvalue weighted by atomic mass is 16.6. The van der Waals surface area contributed by atoms with Crippen molar-refractivity contribution >= 4 is 6.09 Å². The highest BCUT2D eigenvalue weighted by Crippen LogP contribution is 2.40. The Morgan fingerprint density at radius 3 is 2.86 bits per heavy atom. The number of amides is 1. The number of rotatable bonds is 2. The molecule has 5 nitrogen and oxygen atoms in total. The Morgan fingerprint density at radius 1 is 1.41 bits per heavy atom.